The van der Waals surface area contributed by atoms with Gasteiger partial charge in [0.05, 0.1) is 18.5 Å². The third kappa shape index (κ3) is 4.12. The predicted molar refractivity (Wildman–Crippen MR) is 118 cm³/mol. The van der Waals surface area contributed by atoms with Crippen molar-refractivity contribution in [3.8, 4) is 11.6 Å². The van der Waals surface area contributed by atoms with Crippen LogP contribution >= 0.6 is 0 Å². The number of rotatable bonds is 6. The largest absolute Gasteiger partial charge is 0.481 e. The molecule has 158 valence electrons. The van der Waals surface area contributed by atoms with E-state index in [0.29, 0.717) is 18.0 Å². The fourth-order valence-corrected chi connectivity index (χ4v) is 3.74. The van der Waals surface area contributed by atoms with Crippen LogP contribution in [0.2, 0.25) is 0 Å². The molecule has 0 aliphatic heterocycles. The number of para-hydroxylation sites is 1. The van der Waals surface area contributed by atoms with Gasteiger partial charge in [0.25, 0.3) is 0 Å². The van der Waals surface area contributed by atoms with Crippen LogP contribution in [-0.2, 0) is 11.2 Å². The molecule has 7 heteroatoms. The number of hydrogen-bond donors (Lipinski definition) is 1. The Morgan fingerprint density at radius 2 is 1.81 bits per heavy atom. The molecule has 0 aliphatic carbocycles. The highest BCUT2D eigenvalue weighted by Crippen LogP contribution is 2.31. The molecular weight excluding hydrogens is 395 g/mol. The number of methoxy groups -OCH3 is 1. The molecule has 0 saturated carbocycles. The molecule has 6 nitrogen and oxygen atoms in total. The van der Waals surface area contributed by atoms with Gasteiger partial charge in [-0.25, -0.2) is 9.07 Å². The minimum Gasteiger partial charge on any atom is -0.481 e. The molecule has 0 atom stereocenters. The molecule has 2 aromatic heterocycles. The van der Waals surface area contributed by atoms with E-state index in [4.69, 9.17) is 9.72 Å². The van der Waals surface area contributed by atoms with Gasteiger partial charge in [0.15, 0.2) is 5.65 Å². The SMILES string of the molecule is COc1nc2c(c(C)nn2-c2ccccc2)c(C)c1CCC(=O)Nc1ccc(F)cc1. The van der Waals surface area contributed by atoms with E-state index in [-0.39, 0.29) is 18.1 Å². The highest BCUT2D eigenvalue weighted by Gasteiger charge is 2.20. The average molecular weight is 418 g/mol. The molecule has 4 aromatic rings. The summed E-state index contributed by atoms with van der Waals surface area (Å²) in [6.07, 6.45) is 0.703. The fraction of sp³-hybridized carbons (Fsp3) is 0.208. The standard InChI is InChI=1S/C24H23FN4O2/c1-15-20(13-14-21(30)26-18-11-9-17(25)10-12-18)24(31-3)27-23-22(15)16(2)28-29(23)19-7-5-4-6-8-19/h4-12H,13-14H2,1-3H3,(H,26,30). The van der Waals surface area contributed by atoms with Crippen LogP contribution in [0.15, 0.2) is 54.6 Å². The van der Waals surface area contributed by atoms with Crippen molar-refractivity contribution in [2.45, 2.75) is 26.7 Å². The van der Waals surface area contributed by atoms with Crippen molar-refractivity contribution >= 4 is 22.6 Å². The Morgan fingerprint density at radius 1 is 1.10 bits per heavy atom. The van der Waals surface area contributed by atoms with Gasteiger partial charge in [0.1, 0.15) is 5.82 Å². The number of halogens is 1. The highest BCUT2D eigenvalue weighted by molar-refractivity contribution is 5.91. The van der Waals surface area contributed by atoms with Crippen LogP contribution in [0.1, 0.15) is 23.2 Å². The number of ether oxygens (including phenoxy) is 1. The van der Waals surface area contributed by atoms with E-state index >= 15 is 0 Å². The Bertz CT molecular complexity index is 1230. The maximum absolute atomic E-state index is 13.1. The second kappa shape index (κ2) is 8.55. The Morgan fingerprint density at radius 3 is 2.48 bits per heavy atom. The summed E-state index contributed by atoms with van der Waals surface area (Å²) in [6.45, 7) is 3.96. The zero-order valence-electron chi connectivity index (χ0n) is 17.6. The van der Waals surface area contributed by atoms with Gasteiger partial charge in [0.2, 0.25) is 11.8 Å². The average Bonchev–Trinajstić information content (AvgIpc) is 3.11. The van der Waals surface area contributed by atoms with Crippen LogP contribution in [0.3, 0.4) is 0 Å². The summed E-state index contributed by atoms with van der Waals surface area (Å²) in [6, 6.07) is 15.5. The number of benzene rings is 2. The number of pyridine rings is 1. The first-order valence-corrected chi connectivity index (χ1v) is 10.0. The molecule has 0 fully saturated rings. The molecule has 4 rings (SSSR count). The molecule has 0 aliphatic rings. The van der Waals surface area contributed by atoms with Crippen molar-refractivity contribution in [1.82, 2.24) is 14.8 Å². The van der Waals surface area contributed by atoms with E-state index in [1.54, 1.807) is 7.11 Å². The van der Waals surface area contributed by atoms with Crippen molar-refractivity contribution in [1.29, 1.82) is 0 Å². The first-order valence-electron chi connectivity index (χ1n) is 10.0. The maximum Gasteiger partial charge on any atom is 0.224 e. The van der Waals surface area contributed by atoms with Gasteiger partial charge in [-0.05, 0) is 62.2 Å². The van der Waals surface area contributed by atoms with E-state index in [2.05, 4.69) is 10.4 Å². The molecule has 0 unspecified atom stereocenters. The molecule has 1 amide bonds. The Hall–Kier alpha value is -3.74. The second-order valence-corrected chi connectivity index (χ2v) is 7.31. The van der Waals surface area contributed by atoms with Gasteiger partial charge in [-0.15, -0.1) is 0 Å². The first kappa shape index (κ1) is 20.5. The quantitative estimate of drug-likeness (QED) is 0.490. The topological polar surface area (TPSA) is 69.0 Å². The number of aromatic nitrogens is 3. The van der Waals surface area contributed by atoms with Crippen molar-refractivity contribution in [2.75, 3.05) is 12.4 Å². The highest BCUT2D eigenvalue weighted by atomic mass is 19.1. The van der Waals surface area contributed by atoms with Crippen molar-refractivity contribution in [2.24, 2.45) is 0 Å². The number of carbonyl (C=O) groups excluding carboxylic acids is 1. The summed E-state index contributed by atoms with van der Waals surface area (Å²) in [5, 5.41) is 8.43. The monoisotopic (exact) mass is 418 g/mol. The molecule has 2 aromatic carbocycles. The van der Waals surface area contributed by atoms with Gasteiger partial charge in [-0.2, -0.15) is 10.1 Å². The lowest BCUT2D eigenvalue weighted by Gasteiger charge is -2.13. The van der Waals surface area contributed by atoms with E-state index in [9.17, 15) is 9.18 Å². The number of anilines is 1. The van der Waals surface area contributed by atoms with Gasteiger partial charge < -0.3 is 10.1 Å². The normalized spacial score (nSPS) is 11.0. The molecule has 2 heterocycles. The van der Waals surface area contributed by atoms with Crippen LogP contribution < -0.4 is 10.1 Å². The van der Waals surface area contributed by atoms with E-state index in [1.165, 1.54) is 24.3 Å². The van der Waals surface area contributed by atoms with Crippen LogP contribution in [-0.4, -0.2) is 27.8 Å². The molecule has 1 N–H and O–H groups in total. The van der Waals surface area contributed by atoms with E-state index in [0.717, 1.165) is 33.5 Å². The summed E-state index contributed by atoms with van der Waals surface area (Å²) >= 11 is 0. The van der Waals surface area contributed by atoms with Crippen LogP contribution in [0.5, 0.6) is 5.88 Å². The van der Waals surface area contributed by atoms with Crippen LogP contribution in [0.25, 0.3) is 16.7 Å². The lowest BCUT2D eigenvalue weighted by molar-refractivity contribution is -0.116. The van der Waals surface area contributed by atoms with Gasteiger partial charge in [0, 0.05) is 23.1 Å². The third-order valence-electron chi connectivity index (χ3n) is 5.25. The van der Waals surface area contributed by atoms with Crippen molar-refractivity contribution in [3.63, 3.8) is 0 Å². The fourth-order valence-electron chi connectivity index (χ4n) is 3.74. The summed E-state index contributed by atoms with van der Waals surface area (Å²) < 4.78 is 20.4. The number of nitrogens with zero attached hydrogens (tertiary/aromatic N) is 3. The molecular formula is C24H23FN4O2. The van der Waals surface area contributed by atoms with Crippen molar-refractivity contribution < 1.29 is 13.9 Å². The van der Waals surface area contributed by atoms with Gasteiger partial charge in [-0.1, -0.05) is 18.2 Å². The minimum absolute atomic E-state index is 0.162. The predicted octanol–water partition coefficient (Wildman–Crippen LogP) is 4.76. The Labute approximate surface area is 179 Å². The number of nitrogens with one attached hydrogen (secondary N) is 1. The summed E-state index contributed by atoms with van der Waals surface area (Å²) in [4.78, 5) is 17.1. The van der Waals surface area contributed by atoms with E-state index < -0.39 is 0 Å². The lowest BCUT2D eigenvalue weighted by atomic mass is 10.0. The van der Waals surface area contributed by atoms with Crippen LogP contribution in [0.4, 0.5) is 10.1 Å². The second-order valence-electron chi connectivity index (χ2n) is 7.31. The molecule has 0 saturated heterocycles. The van der Waals surface area contributed by atoms with Crippen LogP contribution in [0, 0.1) is 19.7 Å². The van der Waals surface area contributed by atoms with E-state index in [1.807, 2.05) is 48.9 Å². The first-order chi connectivity index (χ1) is 15.0. The molecule has 0 radical (unpaired) electrons. The summed E-state index contributed by atoms with van der Waals surface area (Å²) in [5.74, 6) is -0.0225. The summed E-state index contributed by atoms with van der Waals surface area (Å²) in [5.41, 5.74) is 4.93. The molecule has 31 heavy (non-hydrogen) atoms. The van der Waals surface area contributed by atoms with Gasteiger partial charge >= 0.3 is 0 Å². The number of carbonyl (C=O) groups is 1. The number of aryl methyl sites for hydroxylation is 2. The zero-order chi connectivity index (χ0) is 22.0. The smallest absolute Gasteiger partial charge is 0.224 e. The number of hydrogen-bond acceptors (Lipinski definition) is 4. The minimum atomic E-state index is -0.343. The molecule has 0 bridgehead atoms. The maximum atomic E-state index is 13.1. The third-order valence-corrected chi connectivity index (χ3v) is 5.25. The zero-order valence-corrected chi connectivity index (χ0v) is 17.6. The number of fused-ring (bicyclic) bond motifs is 1. The molecule has 0 spiro atoms. The van der Waals surface area contributed by atoms with Gasteiger partial charge in [-0.3, -0.25) is 4.79 Å². The number of amides is 1. The summed E-state index contributed by atoms with van der Waals surface area (Å²) in [7, 11) is 1.58. The van der Waals surface area contributed by atoms with Crippen molar-refractivity contribution in [3.05, 3.63) is 77.2 Å². The Kier molecular flexibility index (Phi) is 5.66. The lowest BCUT2D eigenvalue weighted by Crippen LogP contribution is -2.13. The Balaban J connectivity index is 1.63.